The first-order valence-corrected chi connectivity index (χ1v) is 25.8. The molecule has 0 aromatic rings. The SMILES string of the molecule is CC1=C[C](C)([Hf]([CH]2C=CC(C[Si](C)(C)C)=C2)[SiH](C)C)C(C)=C1C. The fraction of sp³-hybridized carbons (Fsp3) is 0.600. The summed E-state index contributed by atoms with van der Waals surface area (Å²) in [7, 11) is -1.01. The van der Waals surface area contributed by atoms with Crippen molar-refractivity contribution in [3.05, 3.63) is 46.6 Å². The molecule has 0 heterocycles. The van der Waals surface area contributed by atoms with Crippen molar-refractivity contribution in [2.24, 2.45) is 0 Å². The maximum atomic E-state index is 2.71. The molecule has 0 spiro atoms. The van der Waals surface area contributed by atoms with Gasteiger partial charge in [-0.05, 0) is 0 Å². The molecule has 0 nitrogen and oxygen atoms in total. The Hall–Kier alpha value is 0.264. The van der Waals surface area contributed by atoms with Gasteiger partial charge >= 0.3 is 155 Å². The van der Waals surface area contributed by atoms with Crippen LogP contribution in [0.3, 0.4) is 0 Å². The Morgan fingerprint density at radius 1 is 1.17 bits per heavy atom. The van der Waals surface area contributed by atoms with Gasteiger partial charge in [-0.2, -0.15) is 0 Å². The zero-order valence-corrected chi connectivity index (χ0v) is 22.4. The normalized spacial score (nSPS) is 27.8. The van der Waals surface area contributed by atoms with E-state index in [9.17, 15) is 0 Å². The van der Waals surface area contributed by atoms with Crippen LogP contribution < -0.4 is 0 Å². The van der Waals surface area contributed by atoms with Crippen LogP contribution in [0.15, 0.2) is 46.6 Å². The second-order valence-electron chi connectivity index (χ2n) is 9.25. The molecule has 3 heteroatoms. The Balaban J connectivity index is 2.34. The van der Waals surface area contributed by atoms with Gasteiger partial charge in [-0.25, -0.2) is 0 Å². The van der Waals surface area contributed by atoms with Gasteiger partial charge in [0, 0.05) is 0 Å². The standard InChI is InChI=1S/C9H15Si.C9H13.C2H7Si.Hf/c1-10(2,3)8-9-6-4-5-7-9;1-6-5-7(2)9(4)8(6)3;1-3-2;/h4-7H,8H2,1-3H3;5H,1-4H3;3H,1-2H3;. The second kappa shape index (κ2) is 6.88. The van der Waals surface area contributed by atoms with Crippen LogP contribution in [-0.4, -0.2) is 14.1 Å². The Labute approximate surface area is 154 Å². The van der Waals surface area contributed by atoms with Gasteiger partial charge in [0.25, 0.3) is 0 Å². The molecule has 2 atom stereocenters. The third-order valence-electron chi connectivity index (χ3n) is 5.66. The number of rotatable bonds is 5. The van der Waals surface area contributed by atoms with Gasteiger partial charge in [-0.3, -0.25) is 0 Å². The van der Waals surface area contributed by atoms with E-state index in [4.69, 9.17) is 0 Å². The van der Waals surface area contributed by atoms with Crippen LogP contribution in [0.2, 0.25) is 45.6 Å². The van der Waals surface area contributed by atoms with E-state index in [0.717, 1.165) is 3.67 Å². The van der Waals surface area contributed by atoms with Gasteiger partial charge in [-0.15, -0.1) is 0 Å². The predicted molar refractivity (Wildman–Crippen MR) is 109 cm³/mol. The van der Waals surface area contributed by atoms with Crippen LogP contribution in [0.4, 0.5) is 0 Å². The first kappa shape index (κ1) is 19.6. The molecule has 0 radical (unpaired) electrons. The van der Waals surface area contributed by atoms with E-state index in [1.54, 1.807) is 22.3 Å². The summed E-state index contributed by atoms with van der Waals surface area (Å²) >= 11 is -1.81. The molecule has 0 N–H and O–H groups in total. The van der Waals surface area contributed by atoms with Gasteiger partial charge in [0.1, 0.15) is 0 Å². The molecule has 0 saturated carbocycles. The Kier molecular flexibility index (Phi) is 5.86. The Morgan fingerprint density at radius 2 is 1.78 bits per heavy atom. The summed E-state index contributed by atoms with van der Waals surface area (Å²) in [4.78, 5) is 0. The van der Waals surface area contributed by atoms with Gasteiger partial charge in [0.05, 0.1) is 0 Å². The summed E-state index contributed by atoms with van der Waals surface area (Å²) in [5, 5.41) is 0. The van der Waals surface area contributed by atoms with Crippen LogP contribution in [-0.2, 0) is 20.6 Å². The van der Waals surface area contributed by atoms with Gasteiger partial charge in [0.15, 0.2) is 0 Å². The molecular weight excluding hydrogens is 475 g/mol. The van der Waals surface area contributed by atoms with Crippen molar-refractivity contribution < 1.29 is 20.6 Å². The summed E-state index contributed by atoms with van der Waals surface area (Å²) in [5.74, 6) is -0.583. The molecule has 127 valence electrons. The summed E-state index contributed by atoms with van der Waals surface area (Å²) in [6, 6.07) is 1.36. The van der Waals surface area contributed by atoms with Crippen molar-refractivity contribution in [1.82, 2.24) is 0 Å². The zero-order chi connectivity index (χ0) is 17.6. The third-order valence-corrected chi connectivity index (χ3v) is 39.9. The van der Waals surface area contributed by atoms with E-state index in [2.05, 4.69) is 84.7 Å². The Bertz CT molecular complexity index is 602. The van der Waals surface area contributed by atoms with Crippen LogP contribution in [0.1, 0.15) is 27.7 Å². The molecule has 23 heavy (non-hydrogen) atoms. The fourth-order valence-corrected chi connectivity index (χ4v) is 41.9. The number of hydrogen-bond donors (Lipinski definition) is 0. The molecular formula is C20H35HfSi2. The molecule has 2 aliphatic carbocycles. The topological polar surface area (TPSA) is 0 Å². The van der Waals surface area contributed by atoms with E-state index in [-0.39, 0.29) is 0 Å². The minimum absolute atomic E-state index is 0.472. The predicted octanol–water partition coefficient (Wildman–Crippen LogP) is 6.69. The van der Waals surface area contributed by atoms with Crippen molar-refractivity contribution in [2.75, 3.05) is 0 Å². The van der Waals surface area contributed by atoms with E-state index >= 15 is 0 Å². The van der Waals surface area contributed by atoms with Crippen molar-refractivity contribution in [3.63, 3.8) is 0 Å². The summed E-state index contributed by atoms with van der Waals surface area (Å²) in [5.41, 5.74) is 6.50. The van der Waals surface area contributed by atoms with Crippen LogP contribution in [0.5, 0.6) is 0 Å². The molecule has 2 rings (SSSR count). The summed E-state index contributed by atoms with van der Waals surface area (Å²) in [6.07, 6.45) is 10.5. The molecule has 0 aromatic carbocycles. The molecule has 2 aliphatic rings. The molecule has 0 saturated heterocycles. The first-order chi connectivity index (χ1) is 10.5. The molecule has 0 amide bonds. The molecule has 0 bridgehead atoms. The van der Waals surface area contributed by atoms with E-state index in [0.29, 0.717) is 3.17 Å². The van der Waals surface area contributed by atoms with E-state index in [1.807, 2.05) is 0 Å². The van der Waals surface area contributed by atoms with Crippen molar-refractivity contribution >= 4 is 14.1 Å². The van der Waals surface area contributed by atoms with Crippen LogP contribution in [0.25, 0.3) is 0 Å². The zero-order valence-electron chi connectivity index (χ0n) is 16.7. The number of hydrogen-bond acceptors (Lipinski definition) is 0. The fourth-order valence-electron chi connectivity index (χ4n) is 4.46. The van der Waals surface area contributed by atoms with E-state index in [1.165, 1.54) is 6.04 Å². The molecule has 2 unspecified atom stereocenters. The first-order valence-electron chi connectivity index (χ1n) is 9.09. The monoisotopic (exact) mass is 511 g/mol. The molecule has 0 fully saturated rings. The van der Waals surface area contributed by atoms with Crippen LogP contribution in [0, 0.1) is 0 Å². The number of allylic oxidation sites excluding steroid dienone is 8. The average Bonchev–Trinajstić information content (AvgIpc) is 2.88. The molecule has 0 aromatic heterocycles. The molecule has 0 aliphatic heterocycles. The van der Waals surface area contributed by atoms with E-state index < -0.39 is 34.7 Å². The maximum absolute atomic E-state index is 2.71. The average molecular weight is 510 g/mol. The van der Waals surface area contributed by atoms with Crippen molar-refractivity contribution in [2.45, 2.75) is 73.3 Å². The summed E-state index contributed by atoms with van der Waals surface area (Å²) < 4.78 is 1.33. The van der Waals surface area contributed by atoms with Crippen molar-refractivity contribution in [3.8, 4) is 0 Å². The van der Waals surface area contributed by atoms with Gasteiger partial charge < -0.3 is 0 Å². The Morgan fingerprint density at radius 3 is 2.22 bits per heavy atom. The van der Waals surface area contributed by atoms with Gasteiger partial charge in [-0.1, -0.05) is 0 Å². The second-order valence-corrected chi connectivity index (χ2v) is 44.0. The third kappa shape index (κ3) is 4.09. The quantitative estimate of drug-likeness (QED) is 0.362. The minimum atomic E-state index is -1.81. The summed E-state index contributed by atoms with van der Waals surface area (Å²) in [6.45, 7) is 22.4. The van der Waals surface area contributed by atoms with Gasteiger partial charge in [0.2, 0.25) is 0 Å². The van der Waals surface area contributed by atoms with Crippen LogP contribution >= 0.6 is 0 Å². The van der Waals surface area contributed by atoms with Crippen molar-refractivity contribution in [1.29, 1.82) is 0 Å².